The second kappa shape index (κ2) is 6.28. The van der Waals surface area contributed by atoms with Crippen LogP contribution in [0.2, 0.25) is 0 Å². The highest BCUT2D eigenvalue weighted by Crippen LogP contribution is 2.39. The van der Waals surface area contributed by atoms with E-state index in [9.17, 15) is 0 Å². The van der Waals surface area contributed by atoms with E-state index in [1.54, 1.807) is 0 Å². The summed E-state index contributed by atoms with van der Waals surface area (Å²) >= 11 is 0. The third kappa shape index (κ3) is 3.69. The zero-order valence-corrected chi connectivity index (χ0v) is 13.5. The molecular formula is C17H23N5O. The van der Waals surface area contributed by atoms with E-state index in [2.05, 4.69) is 38.4 Å². The molecule has 4 rings (SSSR count). The fourth-order valence-corrected chi connectivity index (χ4v) is 3.12. The van der Waals surface area contributed by atoms with Crippen LogP contribution in [-0.4, -0.2) is 39.7 Å². The van der Waals surface area contributed by atoms with Crippen molar-refractivity contribution >= 4 is 5.82 Å². The Hall–Kier alpha value is -1.95. The van der Waals surface area contributed by atoms with Gasteiger partial charge in [0.2, 0.25) is 11.8 Å². The van der Waals surface area contributed by atoms with Crippen LogP contribution >= 0.6 is 0 Å². The maximum atomic E-state index is 5.76. The molecule has 1 N–H and O–H groups in total. The van der Waals surface area contributed by atoms with Crippen LogP contribution in [0.5, 0.6) is 0 Å². The molecule has 2 aliphatic rings. The average molecular weight is 313 g/mol. The minimum atomic E-state index is 0.536. The molecule has 1 atom stereocenters. The number of nitrogens with one attached hydrogen (secondary N) is 1. The van der Waals surface area contributed by atoms with Gasteiger partial charge in [-0.3, -0.25) is 4.90 Å². The quantitative estimate of drug-likeness (QED) is 0.884. The second-order valence-electron chi connectivity index (χ2n) is 6.80. The maximum absolute atomic E-state index is 5.76. The van der Waals surface area contributed by atoms with Crippen LogP contribution in [0.25, 0.3) is 0 Å². The normalized spacial score (nSPS) is 21.7. The van der Waals surface area contributed by atoms with Crippen LogP contribution in [0.3, 0.4) is 0 Å². The topological polar surface area (TPSA) is 67.1 Å². The van der Waals surface area contributed by atoms with E-state index in [4.69, 9.17) is 4.42 Å². The number of pyridine rings is 1. The molecule has 122 valence electrons. The fraction of sp³-hybridized carbons (Fsp3) is 0.588. The van der Waals surface area contributed by atoms with Crippen LogP contribution < -0.4 is 5.32 Å². The number of anilines is 1. The summed E-state index contributed by atoms with van der Waals surface area (Å²) in [5.74, 6) is 3.75. The predicted octanol–water partition coefficient (Wildman–Crippen LogP) is 2.58. The van der Waals surface area contributed by atoms with Crippen LogP contribution in [0.4, 0.5) is 5.82 Å². The summed E-state index contributed by atoms with van der Waals surface area (Å²) in [6.45, 7) is 5.99. The molecule has 1 aliphatic carbocycles. The van der Waals surface area contributed by atoms with Crippen molar-refractivity contribution < 1.29 is 4.42 Å². The largest absolute Gasteiger partial charge is 0.424 e. The van der Waals surface area contributed by atoms with Gasteiger partial charge in [0, 0.05) is 25.2 Å². The van der Waals surface area contributed by atoms with Crippen LogP contribution in [-0.2, 0) is 6.54 Å². The standard InChI is InChI=1S/C17H23N5O/c1-12-4-6-18-15(8-12)19-9-13-5-7-22(10-13)11-16-20-21-17(23-16)14-2-3-14/h4,6,8,13-14H,2-3,5,7,9-11H2,1H3,(H,18,19)/t13-/m0/s1. The van der Waals surface area contributed by atoms with Gasteiger partial charge in [-0.05, 0) is 56.3 Å². The van der Waals surface area contributed by atoms with Crippen molar-refractivity contribution in [3.05, 3.63) is 35.7 Å². The highest BCUT2D eigenvalue weighted by atomic mass is 16.4. The van der Waals surface area contributed by atoms with Gasteiger partial charge in [0.15, 0.2) is 0 Å². The minimum absolute atomic E-state index is 0.536. The van der Waals surface area contributed by atoms with E-state index < -0.39 is 0 Å². The van der Waals surface area contributed by atoms with E-state index in [0.717, 1.165) is 43.8 Å². The van der Waals surface area contributed by atoms with Gasteiger partial charge in [0.05, 0.1) is 6.54 Å². The van der Waals surface area contributed by atoms with Gasteiger partial charge in [-0.25, -0.2) is 4.98 Å². The Labute approximate surface area is 136 Å². The van der Waals surface area contributed by atoms with Crippen molar-refractivity contribution in [1.29, 1.82) is 0 Å². The molecular weight excluding hydrogens is 290 g/mol. The Bertz CT molecular complexity index is 667. The van der Waals surface area contributed by atoms with Crippen molar-refractivity contribution in [2.45, 2.75) is 38.6 Å². The lowest BCUT2D eigenvalue weighted by Crippen LogP contribution is -2.23. The summed E-state index contributed by atoms with van der Waals surface area (Å²) in [6, 6.07) is 4.10. The first-order valence-corrected chi connectivity index (χ1v) is 8.47. The molecule has 1 saturated carbocycles. The Morgan fingerprint density at radius 3 is 3.04 bits per heavy atom. The number of hydrogen-bond acceptors (Lipinski definition) is 6. The molecule has 0 radical (unpaired) electrons. The molecule has 2 aromatic rings. The summed E-state index contributed by atoms with van der Waals surface area (Å²) in [7, 11) is 0. The molecule has 2 aromatic heterocycles. The Morgan fingerprint density at radius 2 is 2.22 bits per heavy atom. The van der Waals surface area contributed by atoms with E-state index in [1.807, 2.05) is 12.3 Å². The van der Waals surface area contributed by atoms with Crippen molar-refractivity contribution in [2.75, 3.05) is 25.0 Å². The van der Waals surface area contributed by atoms with Gasteiger partial charge in [-0.2, -0.15) is 0 Å². The third-order valence-electron chi connectivity index (χ3n) is 4.63. The molecule has 1 aliphatic heterocycles. The number of hydrogen-bond donors (Lipinski definition) is 1. The Balaban J connectivity index is 1.25. The van der Waals surface area contributed by atoms with Gasteiger partial charge in [0.1, 0.15) is 5.82 Å². The highest BCUT2D eigenvalue weighted by Gasteiger charge is 2.30. The van der Waals surface area contributed by atoms with Crippen molar-refractivity contribution in [1.82, 2.24) is 20.1 Å². The molecule has 0 amide bonds. The number of likely N-dealkylation sites (tertiary alicyclic amines) is 1. The lowest BCUT2D eigenvalue weighted by Gasteiger charge is -2.14. The number of nitrogens with zero attached hydrogens (tertiary/aromatic N) is 4. The van der Waals surface area contributed by atoms with Crippen molar-refractivity contribution in [2.24, 2.45) is 5.92 Å². The van der Waals surface area contributed by atoms with E-state index >= 15 is 0 Å². The lowest BCUT2D eigenvalue weighted by molar-refractivity contribution is 0.278. The fourth-order valence-electron chi connectivity index (χ4n) is 3.12. The van der Waals surface area contributed by atoms with E-state index in [0.29, 0.717) is 11.8 Å². The summed E-state index contributed by atoms with van der Waals surface area (Å²) in [5, 5.41) is 11.8. The first-order chi connectivity index (χ1) is 11.3. The molecule has 23 heavy (non-hydrogen) atoms. The zero-order valence-electron chi connectivity index (χ0n) is 13.5. The van der Waals surface area contributed by atoms with Crippen molar-refractivity contribution in [3.8, 4) is 0 Å². The summed E-state index contributed by atoms with van der Waals surface area (Å²) in [6.07, 6.45) is 5.45. The van der Waals surface area contributed by atoms with Gasteiger partial charge in [0.25, 0.3) is 0 Å². The number of rotatable bonds is 6. The lowest BCUT2D eigenvalue weighted by atomic mass is 10.1. The molecule has 0 unspecified atom stereocenters. The van der Waals surface area contributed by atoms with Gasteiger partial charge < -0.3 is 9.73 Å². The molecule has 3 heterocycles. The minimum Gasteiger partial charge on any atom is -0.424 e. The first kappa shape index (κ1) is 14.6. The monoisotopic (exact) mass is 313 g/mol. The third-order valence-corrected chi connectivity index (χ3v) is 4.63. The average Bonchev–Trinajstić information content (AvgIpc) is 3.13. The van der Waals surface area contributed by atoms with Gasteiger partial charge >= 0.3 is 0 Å². The van der Waals surface area contributed by atoms with Crippen LogP contribution in [0, 0.1) is 12.8 Å². The number of aromatic nitrogens is 3. The highest BCUT2D eigenvalue weighted by molar-refractivity contribution is 5.36. The molecule has 6 heteroatoms. The van der Waals surface area contributed by atoms with E-state index in [1.165, 1.54) is 24.8 Å². The molecule has 0 spiro atoms. The number of aryl methyl sites for hydroxylation is 1. The SMILES string of the molecule is Cc1ccnc(NC[C@@H]2CCN(Cc3nnc(C4CC4)o3)C2)c1. The smallest absolute Gasteiger partial charge is 0.230 e. The predicted molar refractivity (Wildman–Crippen MR) is 87.1 cm³/mol. The maximum Gasteiger partial charge on any atom is 0.230 e. The second-order valence-corrected chi connectivity index (χ2v) is 6.80. The molecule has 0 aromatic carbocycles. The van der Waals surface area contributed by atoms with Crippen molar-refractivity contribution in [3.63, 3.8) is 0 Å². The molecule has 6 nitrogen and oxygen atoms in total. The van der Waals surface area contributed by atoms with E-state index in [-0.39, 0.29) is 0 Å². The molecule has 1 saturated heterocycles. The first-order valence-electron chi connectivity index (χ1n) is 8.47. The van der Waals surface area contributed by atoms with Gasteiger partial charge in [-0.15, -0.1) is 10.2 Å². The van der Waals surface area contributed by atoms with Gasteiger partial charge in [-0.1, -0.05) is 0 Å². The molecule has 2 fully saturated rings. The van der Waals surface area contributed by atoms with Crippen LogP contribution in [0.1, 0.15) is 42.5 Å². The molecule has 0 bridgehead atoms. The Morgan fingerprint density at radius 1 is 1.30 bits per heavy atom. The van der Waals surface area contributed by atoms with Crippen LogP contribution in [0.15, 0.2) is 22.7 Å². The summed E-state index contributed by atoms with van der Waals surface area (Å²) in [5.41, 5.74) is 1.23. The summed E-state index contributed by atoms with van der Waals surface area (Å²) < 4.78 is 5.76. The zero-order chi connectivity index (χ0) is 15.6. The Kier molecular flexibility index (Phi) is 3.99. The summed E-state index contributed by atoms with van der Waals surface area (Å²) in [4.78, 5) is 6.76.